The number of aliphatic hydroxyl groups is 2. The molecule has 1 rings (SSSR count). The van der Waals surface area contributed by atoms with Crippen LogP contribution in [0.1, 0.15) is 163 Å². The smallest absolute Gasteiger partial charge is 0.248 e. The number of rotatable bonds is 16. The Balaban J connectivity index is 4.39. The van der Waals surface area contributed by atoms with E-state index in [1.54, 1.807) is 46.8 Å². The van der Waals surface area contributed by atoms with E-state index in [1.165, 1.54) is 89.6 Å². The molecule has 1 aliphatic rings. The molecule has 0 aliphatic carbocycles. The summed E-state index contributed by atoms with van der Waals surface area (Å²) in [5.74, 6) is -10.8. The molecule has 498 valence electrons. The number of nitrogens with zero attached hydrogens (tertiary/aromatic N) is 6. The Labute approximate surface area is 519 Å². The molecular formula is C63H113N11O13. The molecule has 24 heteroatoms. The summed E-state index contributed by atoms with van der Waals surface area (Å²) in [4.78, 5) is 168. The van der Waals surface area contributed by atoms with E-state index < -0.39 is 161 Å². The second-order valence-corrected chi connectivity index (χ2v) is 26.5. The van der Waals surface area contributed by atoms with E-state index in [9.17, 15) is 58.2 Å². The highest BCUT2D eigenvalue weighted by molar-refractivity contribution is 6.00. The lowest BCUT2D eigenvalue weighted by molar-refractivity contribution is -0.155. The largest absolute Gasteiger partial charge is 0.391 e. The van der Waals surface area contributed by atoms with Gasteiger partial charge in [0.25, 0.3) is 0 Å². The molecule has 1 aliphatic heterocycles. The summed E-state index contributed by atoms with van der Waals surface area (Å²) >= 11 is 0. The van der Waals surface area contributed by atoms with Gasteiger partial charge in [0.1, 0.15) is 66.5 Å². The minimum atomic E-state index is -1.76. The third-order valence-corrected chi connectivity index (χ3v) is 16.6. The van der Waals surface area contributed by atoms with E-state index in [1.807, 2.05) is 62.3 Å². The Morgan fingerprint density at radius 2 is 0.839 bits per heavy atom. The highest BCUT2D eigenvalue weighted by atomic mass is 16.3. The molecule has 15 atom stereocenters. The van der Waals surface area contributed by atoms with E-state index in [2.05, 4.69) is 26.6 Å². The Kier molecular flexibility index (Phi) is 32.4. The van der Waals surface area contributed by atoms with Crippen LogP contribution >= 0.6 is 0 Å². The molecule has 11 amide bonds. The van der Waals surface area contributed by atoms with Crippen LogP contribution in [0.25, 0.3) is 0 Å². The molecule has 0 bridgehead atoms. The van der Waals surface area contributed by atoms with Crippen molar-refractivity contribution in [2.24, 2.45) is 41.4 Å². The summed E-state index contributed by atoms with van der Waals surface area (Å²) in [6.07, 6.45) is 1.44. The molecule has 1 unspecified atom stereocenters. The quantitative estimate of drug-likeness (QED) is 0.110. The van der Waals surface area contributed by atoms with Gasteiger partial charge in [-0.05, 0) is 108 Å². The average molecular weight is 1230 g/mol. The lowest BCUT2D eigenvalue weighted by Gasteiger charge is -2.40. The first kappa shape index (κ1) is 78.8. The zero-order chi connectivity index (χ0) is 67.6. The summed E-state index contributed by atoms with van der Waals surface area (Å²) in [5.41, 5.74) is 0. The Hall–Kier alpha value is -6.17. The monoisotopic (exact) mass is 1230 g/mol. The number of aliphatic hydroxyl groups excluding tert-OH is 2. The van der Waals surface area contributed by atoms with Crippen molar-refractivity contribution in [1.29, 1.82) is 0 Å². The number of hydrogen-bond donors (Lipinski definition) is 7. The molecule has 1 heterocycles. The number of amides is 11. The normalized spacial score (nSPS) is 28.0. The Bertz CT molecular complexity index is 2380. The first-order chi connectivity index (χ1) is 40.1. The zero-order valence-corrected chi connectivity index (χ0v) is 57.0. The fraction of sp³-hybridized carbons (Fsp3) is 0.794. The molecule has 7 N–H and O–H groups in total. The molecule has 0 aromatic heterocycles. The van der Waals surface area contributed by atoms with Crippen molar-refractivity contribution >= 4 is 65.0 Å². The molecule has 0 radical (unpaired) electrons. The van der Waals surface area contributed by atoms with Gasteiger partial charge < -0.3 is 66.2 Å². The summed E-state index contributed by atoms with van der Waals surface area (Å²) in [5, 5.41) is 37.0. The standard InChI is InChI=1S/C63H113N11O13/c1-25-27-28-39(14)52(76)51-57(81)68-48(43(18)75)62(86)69(19)42(17)59(83)73(23)50(38(13)26-2)56(80)67-44(29-33(3)4)60(84)71(21)46(31-35(7)8)54(78)64-40(15)53(77)65-41(16)58(82)70(20)47(32-36(9)10)55(79)66-45(30-34(5)6)61(85)72(22)49(37(11)12)63(87)74(51)24/h25,27,33-52,75-76H,26,28-32H2,1-24H3,(H,64,78)(H,65,77)(H,66,79)(H,67,80)(H,68,81)/b27-25+/t38?,39-,40+,41-,42-,43-,44+,45+,46+,47+,48+,49+,50+,51+,52-/m1/s1. The highest BCUT2D eigenvalue weighted by Crippen LogP contribution is 2.25. The van der Waals surface area contributed by atoms with Gasteiger partial charge in [0.15, 0.2) is 0 Å². The molecule has 87 heavy (non-hydrogen) atoms. The van der Waals surface area contributed by atoms with Crippen molar-refractivity contribution in [1.82, 2.24) is 56.0 Å². The summed E-state index contributed by atoms with van der Waals surface area (Å²) in [6, 6.07) is -14.6. The predicted octanol–water partition coefficient (Wildman–Crippen LogP) is 2.68. The number of carbonyl (C=O) groups excluding carboxylic acids is 11. The van der Waals surface area contributed by atoms with E-state index >= 15 is 4.79 Å². The summed E-state index contributed by atoms with van der Waals surface area (Å²) in [6.45, 7) is 30.7. The number of nitrogens with one attached hydrogen (secondary N) is 5. The fourth-order valence-electron chi connectivity index (χ4n) is 11.0. The van der Waals surface area contributed by atoms with Gasteiger partial charge in [-0.1, -0.05) is 109 Å². The van der Waals surface area contributed by atoms with Crippen LogP contribution < -0.4 is 26.6 Å². The van der Waals surface area contributed by atoms with Crippen molar-refractivity contribution in [2.75, 3.05) is 42.3 Å². The van der Waals surface area contributed by atoms with Crippen LogP contribution in [0.2, 0.25) is 0 Å². The molecule has 1 fully saturated rings. The van der Waals surface area contributed by atoms with Crippen LogP contribution in [0.4, 0.5) is 0 Å². The van der Waals surface area contributed by atoms with Crippen molar-refractivity contribution in [3.63, 3.8) is 0 Å². The van der Waals surface area contributed by atoms with Gasteiger partial charge in [-0.15, -0.1) is 0 Å². The molecule has 1 saturated heterocycles. The van der Waals surface area contributed by atoms with Gasteiger partial charge in [0.2, 0.25) is 65.0 Å². The number of likely N-dealkylation sites (N-methyl/N-ethyl adjacent to an activating group) is 6. The lowest BCUT2D eigenvalue weighted by atomic mass is 9.91. The molecule has 0 spiro atoms. The predicted molar refractivity (Wildman–Crippen MR) is 334 cm³/mol. The van der Waals surface area contributed by atoms with Crippen LogP contribution in [0.15, 0.2) is 12.2 Å². The fourth-order valence-corrected chi connectivity index (χ4v) is 11.0. The SMILES string of the molecule is C/C=C/C[C@@H](C)[C@@H](O)[C@H]1C(=O)N[C@@H]([C@@H](C)O)C(=O)N(C)[C@H](C)C(=O)N(C)[C@@H](C(C)CC)C(=O)N[C@@H](CC(C)C)C(=O)N(C)[C@@H](CC(C)C)C(=O)N[C@@H](C)C(=O)N[C@H](C)C(=O)N(C)[C@@H](CC(C)C)C(=O)N[C@@H](CC(C)C)C(=O)N(C)[C@@H](C(C)C)C(=O)N1C. The van der Waals surface area contributed by atoms with E-state index in [4.69, 9.17) is 0 Å². The zero-order valence-electron chi connectivity index (χ0n) is 57.0. The van der Waals surface area contributed by atoms with Gasteiger partial charge >= 0.3 is 0 Å². The maximum absolute atomic E-state index is 15.1. The second-order valence-electron chi connectivity index (χ2n) is 26.5. The van der Waals surface area contributed by atoms with Crippen molar-refractivity contribution in [3.8, 4) is 0 Å². The maximum Gasteiger partial charge on any atom is 0.248 e. The van der Waals surface area contributed by atoms with Crippen LogP contribution in [-0.2, 0) is 52.7 Å². The topological polar surface area (TPSA) is 308 Å². The average Bonchev–Trinajstić information content (AvgIpc) is 2.42. The van der Waals surface area contributed by atoms with Crippen LogP contribution in [-0.4, -0.2) is 226 Å². The Morgan fingerprint density at radius 3 is 1.28 bits per heavy atom. The van der Waals surface area contributed by atoms with Crippen LogP contribution in [0, 0.1) is 41.4 Å². The molecule has 24 nitrogen and oxygen atoms in total. The van der Waals surface area contributed by atoms with Gasteiger partial charge in [-0.3, -0.25) is 52.7 Å². The molecular weight excluding hydrogens is 1120 g/mol. The van der Waals surface area contributed by atoms with Gasteiger partial charge in [0.05, 0.1) is 12.2 Å². The van der Waals surface area contributed by atoms with Crippen molar-refractivity contribution < 1.29 is 63.0 Å². The summed E-state index contributed by atoms with van der Waals surface area (Å²) in [7, 11) is 8.19. The van der Waals surface area contributed by atoms with Crippen LogP contribution in [0.5, 0.6) is 0 Å². The van der Waals surface area contributed by atoms with Gasteiger partial charge in [-0.2, -0.15) is 0 Å². The van der Waals surface area contributed by atoms with Crippen LogP contribution in [0.3, 0.4) is 0 Å². The van der Waals surface area contributed by atoms with Gasteiger partial charge in [-0.25, -0.2) is 0 Å². The molecule has 0 saturated carbocycles. The van der Waals surface area contributed by atoms with Gasteiger partial charge in [0, 0.05) is 42.3 Å². The molecule has 0 aromatic rings. The minimum Gasteiger partial charge on any atom is -0.391 e. The van der Waals surface area contributed by atoms with Crippen molar-refractivity contribution in [2.45, 2.75) is 242 Å². The van der Waals surface area contributed by atoms with E-state index in [-0.39, 0.29) is 55.8 Å². The first-order valence-electron chi connectivity index (χ1n) is 31.2. The Morgan fingerprint density at radius 1 is 0.437 bits per heavy atom. The number of allylic oxidation sites excluding steroid dienone is 2. The number of hydrogen-bond acceptors (Lipinski definition) is 13. The number of carbonyl (C=O) groups is 11. The third kappa shape index (κ3) is 22.1. The summed E-state index contributed by atoms with van der Waals surface area (Å²) < 4.78 is 0. The van der Waals surface area contributed by atoms with Crippen molar-refractivity contribution in [3.05, 3.63) is 12.2 Å². The first-order valence-corrected chi connectivity index (χ1v) is 31.2. The molecule has 0 aromatic carbocycles. The maximum atomic E-state index is 15.1. The van der Waals surface area contributed by atoms with E-state index in [0.29, 0.717) is 6.42 Å². The minimum absolute atomic E-state index is 0.0930. The highest BCUT2D eigenvalue weighted by Gasteiger charge is 2.46. The second kappa shape index (κ2) is 35.7. The van der Waals surface area contributed by atoms with E-state index in [0.717, 1.165) is 9.80 Å². The third-order valence-electron chi connectivity index (χ3n) is 16.6. The lowest BCUT2D eigenvalue weighted by Crippen LogP contribution is -2.65.